The van der Waals surface area contributed by atoms with Gasteiger partial charge in [0.05, 0.1) is 12.8 Å². The van der Waals surface area contributed by atoms with E-state index in [1.807, 2.05) is 0 Å². The van der Waals surface area contributed by atoms with Crippen LogP contribution >= 0.6 is 0 Å². The standard InChI is InChI=1S/C12H16N4O3/c1-19-12(18)8-5-4-7(13)11(15-8)16-6-2-3-9(16)10(14)17/h4-5,9H,2-3,6,13H2,1H3,(H2,14,17). The summed E-state index contributed by atoms with van der Waals surface area (Å²) in [5.41, 5.74) is 11.8. The van der Waals surface area contributed by atoms with Crippen molar-refractivity contribution in [2.24, 2.45) is 5.73 Å². The van der Waals surface area contributed by atoms with Gasteiger partial charge < -0.3 is 21.1 Å². The average molecular weight is 264 g/mol. The van der Waals surface area contributed by atoms with E-state index in [-0.39, 0.29) is 5.69 Å². The van der Waals surface area contributed by atoms with Gasteiger partial charge in [-0.1, -0.05) is 0 Å². The third-order valence-corrected chi connectivity index (χ3v) is 3.15. The topological polar surface area (TPSA) is 112 Å². The van der Waals surface area contributed by atoms with E-state index in [0.29, 0.717) is 24.5 Å². The highest BCUT2D eigenvalue weighted by Crippen LogP contribution is 2.28. The van der Waals surface area contributed by atoms with Crippen molar-refractivity contribution in [3.63, 3.8) is 0 Å². The number of nitrogen functional groups attached to an aromatic ring is 1. The van der Waals surface area contributed by atoms with Gasteiger partial charge in [-0.3, -0.25) is 4.79 Å². The van der Waals surface area contributed by atoms with Crippen LogP contribution < -0.4 is 16.4 Å². The summed E-state index contributed by atoms with van der Waals surface area (Å²) in [5, 5.41) is 0. The SMILES string of the molecule is COC(=O)c1ccc(N)c(N2CCCC2C(N)=O)n1. The highest BCUT2D eigenvalue weighted by molar-refractivity contribution is 5.90. The molecule has 0 bridgehead atoms. The van der Waals surface area contributed by atoms with Gasteiger partial charge in [-0.25, -0.2) is 9.78 Å². The first-order valence-corrected chi connectivity index (χ1v) is 5.95. The predicted molar refractivity (Wildman–Crippen MR) is 69.6 cm³/mol. The van der Waals surface area contributed by atoms with E-state index in [1.54, 1.807) is 11.0 Å². The number of esters is 1. The van der Waals surface area contributed by atoms with E-state index in [9.17, 15) is 9.59 Å². The summed E-state index contributed by atoms with van der Waals surface area (Å²) in [7, 11) is 1.28. The number of nitrogens with zero attached hydrogens (tertiary/aromatic N) is 2. The molecule has 1 amide bonds. The fourth-order valence-electron chi connectivity index (χ4n) is 2.22. The van der Waals surface area contributed by atoms with Gasteiger partial charge in [-0.2, -0.15) is 0 Å². The zero-order valence-electron chi connectivity index (χ0n) is 10.6. The lowest BCUT2D eigenvalue weighted by molar-refractivity contribution is -0.119. The lowest BCUT2D eigenvalue weighted by atomic mass is 10.2. The summed E-state index contributed by atoms with van der Waals surface area (Å²) in [6.07, 6.45) is 1.50. The first-order chi connectivity index (χ1) is 9.04. The maximum atomic E-state index is 11.5. The molecule has 1 aromatic rings. The molecule has 2 heterocycles. The summed E-state index contributed by atoms with van der Waals surface area (Å²) >= 11 is 0. The number of nitrogens with two attached hydrogens (primary N) is 2. The van der Waals surface area contributed by atoms with Crippen LogP contribution in [0.25, 0.3) is 0 Å². The zero-order valence-corrected chi connectivity index (χ0v) is 10.6. The van der Waals surface area contributed by atoms with Gasteiger partial charge in [0.2, 0.25) is 5.91 Å². The lowest BCUT2D eigenvalue weighted by Gasteiger charge is -2.24. The van der Waals surface area contributed by atoms with Crippen LogP contribution in [0.15, 0.2) is 12.1 Å². The van der Waals surface area contributed by atoms with Crippen LogP contribution in [0.3, 0.4) is 0 Å². The van der Waals surface area contributed by atoms with Gasteiger partial charge in [-0.05, 0) is 25.0 Å². The minimum absolute atomic E-state index is 0.154. The van der Waals surface area contributed by atoms with Crippen LogP contribution in [0, 0.1) is 0 Å². The van der Waals surface area contributed by atoms with Gasteiger partial charge in [-0.15, -0.1) is 0 Å². The summed E-state index contributed by atoms with van der Waals surface area (Å²) in [6, 6.07) is 2.63. The molecule has 2 rings (SSSR count). The fourth-order valence-corrected chi connectivity index (χ4v) is 2.22. The molecule has 0 aromatic carbocycles. The Kier molecular flexibility index (Phi) is 3.55. The van der Waals surface area contributed by atoms with E-state index in [1.165, 1.54) is 13.2 Å². The molecule has 0 radical (unpaired) electrons. The molecule has 19 heavy (non-hydrogen) atoms. The lowest BCUT2D eigenvalue weighted by Crippen LogP contribution is -2.41. The van der Waals surface area contributed by atoms with Crippen LogP contribution in [0.2, 0.25) is 0 Å². The van der Waals surface area contributed by atoms with Crippen LogP contribution in [0.1, 0.15) is 23.3 Å². The van der Waals surface area contributed by atoms with Crippen molar-refractivity contribution in [2.45, 2.75) is 18.9 Å². The average Bonchev–Trinajstić information content (AvgIpc) is 2.87. The molecule has 7 heteroatoms. The van der Waals surface area contributed by atoms with E-state index in [2.05, 4.69) is 9.72 Å². The Balaban J connectivity index is 2.38. The summed E-state index contributed by atoms with van der Waals surface area (Å²) in [4.78, 5) is 28.8. The molecule has 1 aliphatic rings. The van der Waals surface area contributed by atoms with E-state index in [0.717, 1.165) is 6.42 Å². The number of hydrogen-bond acceptors (Lipinski definition) is 6. The first kappa shape index (κ1) is 13.1. The number of carbonyl (C=O) groups excluding carboxylic acids is 2. The molecule has 1 aliphatic heterocycles. The maximum absolute atomic E-state index is 11.5. The van der Waals surface area contributed by atoms with Gasteiger partial charge in [0.25, 0.3) is 0 Å². The van der Waals surface area contributed by atoms with Crippen molar-refractivity contribution in [3.05, 3.63) is 17.8 Å². The van der Waals surface area contributed by atoms with Crippen LogP contribution in [0.5, 0.6) is 0 Å². The third kappa shape index (κ3) is 2.44. The number of methoxy groups -OCH3 is 1. The number of ether oxygens (including phenoxy) is 1. The summed E-state index contributed by atoms with van der Waals surface area (Å²) in [5.74, 6) is -0.553. The Labute approximate surface area is 110 Å². The van der Waals surface area contributed by atoms with Gasteiger partial charge in [0.1, 0.15) is 6.04 Å². The van der Waals surface area contributed by atoms with Crippen molar-refractivity contribution >= 4 is 23.4 Å². The molecule has 1 fully saturated rings. The normalized spacial score (nSPS) is 18.4. The molecule has 1 saturated heterocycles. The zero-order chi connectivity index (χ0) is 14.0. The number of aromatic nitrogens is 1. The first-order valence-electron chi connectivity index (χ1n) is 5.95. The maximum Gasteiger partial charge on any atom is 0.356 e. The van der Waals surface area contributed by atoms with Crippen molar-refractivity contribution in [3.8, 4) is 0 Å². The predicted octanol–water partition coefficient (Wildman–Crippen LogP) is -0.0955. The molecule has 0 saturated carbocycles. The monoisotopic (exact) mass is 264 g/mol. The Bertz CT molecular complexity index is 518. The van der Waals surface area contributed by atoms with Crippen LogP contribution in [-0.2, 0) is 9.53 Å². The molecule has 0 spiro atoms. The number of rotatable bonds is 3. The number of amides is 1. The van der Waals surface area contributed by atoms with E-state index in [4.69, 9.17) is 11.5 Å². The summed E-state index contributed by atoms with van der Waals surface area (Å²) < 4.78 is 4.62. The van der Waals surface area contributed by atoms with Crippen molar-refractivity contribution < 1.29 is 14.3 Å². The highest BCUT2D eigenvalue weighted by atomic mass is 16.5. The van der Waals surface area contributed by atoms with E-state index < -0.39 is 17.9 Å². The molecule has 1 atom stereocenters. The molecule has 0 aliphatic carbocycles. The minimum Gasteiger partial charge on any atom is -0.464 e. The number of hydrogen-bond donors (Lipinski definition) is 2. The number of primary amides is 1. The minimum atomic E-state index is -0.545. The number of pyridine rings is 1. The highest BCUT2D eigenvalue weighted by Gasteiger charge is 2.31. The molecular formula is C12H16N4O3. The second kappa shape index (κ2) is 5.13. The molecule has 1 aromatic heterocycles. The van der Waals surface area contributed by atoms with Gasteiger partial charge >= 0.3 is 5.97 Å². The Morgan fingerprint density at radius 1 is 1.47 bits per heavy atom. The molecule has 7 nitrogen and oxygen atoms in total. The fraction of sp³-hybridized carbons (Fsp3) is 0.417. The second-order valence-electron chi connectivity index (χ2n) is 4.35. The molecular weight excluding hydrogens is 248 g/mol. The molecule has 4 N–H and O–H groups in total. The third-order valence-electron chi connectivity index (χ3n) is 3.15. The summed E-state index contributed by atoms with van der Waals surface area (Å²) in [6.45, 7) is 0.634. The van der Waals surface area contributed by atoms with E-state index >= 15 is 0 Å². The quantitative estimate of drug-likeness (QED) is 0.738. The van der Waals surface area contributed by atoms with Crippen LogP contribution in [-0.4, -0.2) is 36.6 Å². The second-order valence-corrected chi connectivity index (χ2v) is 4.35. The van der Waals surface area contributed by atoms with Gasteiger partial charge in [0, 0.05) is 6.54 Å². The largest absolute Gasteiger partial charge is 0.464 e. The smallest absolute Gasteiger partial charge is 0.356 e. The number of anilines is 2. The number of carbonyl (C=O) groups is 2. The van der Waals surface area contributed by atoms with Crippen molar-refractivity contribution in [2.75, 3.05) is 24.3 Å². The Morgan fingerprint density at radius 2 is 2.21 bits per heavy atom. The van der Waals surface area contributed by atoms with Crippen molar-refractivity contribution in [1.29, 1.82) is 0 Å². The van der Waals surface area contributed by atoms with Crippen molar-refractivity contribution in [1.82, 2.24) is 4.98 Å². The Hall–Kier alpha value is -2.31. The molecule has 102 valence electrons. The van der Waals surface area contributed by atoms with Gasteiger partial charge in [0.15, 0.2) is 11.5 Å². The van der Waals surface area contributed by atoms with Crippen LogP contribution in [0.4, 0.5) is 11.5 Å². The molecule has 1 unspecified atom stereocenters. The Morgan fingerprint density at radius 3 is 2.84 bits per heavy atom.